The number of H-pyrrole nitrogens is 1. The molecule has 216 valence electrons. The highest BCUT2D eigenvalue weighted by Crippen LogP contribution is 2.35. The number of pyridine rings is 1. The predicted octanol–water partition coefficient (Wildman–Crippen LogP) is 1.97. The number of thiophene rings is 1. The van der Waals surface area contributed by atoms with Crippen LogP contribution < -0.4 is 16.4 Å². The average Bonchev–Trinajstić information content (AvgIpc) is 3.82. The molecule has 0 saturated carbocycles. The largest absolute Gasteiger partial charge is 0.384 e. The van der Waals surface area contributed by atoms with E-state index < -0.39 is 23.6 Å². The van der Waals surface area contributed by atoms with Crippen LogP contribution in [-0.4, -0.2) is 76.6 Å². The van der Waals surface area contributed by atoms with E-state index in [1.165, 1.54) is 16.2 Å². The van der Waals surface area contributed by atoms with E-state index in [0.717, 1.165) is 27.0 Å². The number of nitrogens with one attached hydrogen (secondary N) is 4. The Morgan fingerprint density at radius 3 is 2.62 bits per heavy atom. The second kappa shape index (κ2) is 11.4. The van der Waals surface area contributed by atoms with Gasteiger partial charge in [0.2, 0.25) is 11.8 Å². The van der Waals surface area contributed by atoms with E-state index in [-0.39, 0.29) is 37.8 Å². The van der Waals surface area contributed by atoms with Gasteiger partial charge in [-0.15, -0.1) is 11.3 Å². The van der Waals surface area contributed by atoms with Crippen molar-refractivity contribution in [1.82, 2.24) is 25.5 Å². The first kappa shape index (κ1) is 27.6. The zero-order chi connectivity index (χ0) is 29.3. The number of carbonyl (C=O) groups excluding carboxylic acids is 3. The third-order valence-corrected chi connectivity index (χ3v) is 8.35. The summed E-state index contributed by atoms with van der Waals surface area (Å²) in [7, 11) is 0. The zero-order valence-electron chi connectivity index (χ0n) is 22.5. The van der Waals surface area contributed by atoms with Crippen molar-refractivity contribution in [2.45, 2.75) is 24.8 Å². The van der Waals surface area contributed by atoms with Crippen LogP contribution in [0.15, 0.2) is 60.2 Å². The first-order chi connectivity index (χ1) is 20.3. The summed E-state index contributed by atoms with van der Waals surface area (Å²) in [5.74, 6) is -2.26. The van der Waals surface area contributed by atoms with E-state index in [9.17, 15) is 14.4 Å². The zero-order valence-corrected chi connectivity index (χ0v) is 23.3. The van der Waals surface area contributed by atoms with E-state index in [0.29, 0.717) is 24.3 Å². The Hall–Kier alpha value is -4.59. The molecule has 12 nitrogen and oxygen atoms in total. The lowest BCUT2D eigenvalue weighted by Gasteiger charge is -2.24. The molecule has 2 fully saturated rings. The Kier molecular flexibility index (Phi) is 7.45. The molecular formula is C29H29N7O5S. The van der Waals surface area contributed by atoms with Crippen molar-refractivity contribution in [3.63, 3.8) is 0 Å². The van der Waals surface area contributed by atoms with Gasteiger partial charge in [0.05, 0.1) is 32.8 Å². The molecule has 5 heterocycles. The highest BCUT2D eigenvalue weighted by Gasteiger charge is 2.52. The fourth-order valence-electron chi connectivity index (χ4n) is 5.22. The van der Waals surface area contributed by atoms with Gasteiger partial charge in [0, 0.05) is 51.1 Å². The molecule has 2 aliphatic rings. The Morgan fingerprint density at radius 2 is 1.88 bits per heavy atom. The van der Waals surface area contributed by atoms with Gasteiger partial charge in [0.1, 0.15) is 17.5 Å². The Morgan fingerprint density at radius 1 is 1.10 bits per heavy atom. The van der Waals surface area contributed by atoms with Crippen LogP contribution >= 0.6 is 11.3 Å². The molecule has 0 aliphatic carbocycles. The topological polar surface area (TPSA) is 176 Å². The van der Waals surface area contributed by atoms with E-state index in [2.05, 4.69) is 20.6 Å². The van der Waals surface area contributed by atoms with Gasteiger partial charge in [-0.2, -0.15) is 0 Å². The van der Waals surface area contributed by atoms with Gasteiger partial charge in [-0.1, -0.05) is 12.1 Å². The average molecular weight is 588 g/mol. The summed E-state index contributed by atoms with van der Waals surface area (Å²) in [4.78, 5) is 49.1. The number of aromatic nitrogens is 2. The van der Waals surface area contributed by atoms with E-state index in [1.807, 2.05) is 30.5 Å². The number of hydrogen-bond acceptors (Lipinski definition) is 8. The number of ether oxygens (including phenoxy) is 2. The van der Waals surface area contributed by atoms with Gasteiger partial charge in [-0.3, -0.25) is 19.8 Å². The van der Waals surface area contributed by atoms with Crippen molar-refractivity contribution < 1.29 is 23.9 Å². The number of rotatable bonds is 8. The summed E-state index contributed by atoms with van der Waals surface area (Å²) in [5, 5.41) is 15.8. The summed E-state index contributed by atoms with van der Waals surface area (Å²) in [6, 6.07) is 11.9. The number of aromatic amines is 1. The molecule has 3 amide bonds. The third kappa shape index (κ3) is 5.62. The number of amides is 3. The van der Waals surface area contributed by atoms with Crippen LogP contribution in [0.1, 0.15) is 27.2 Å². The van der Waals surface area contributed by atoms with Crippen LogP contribution in [0.3, 0.4) is 0 Å². The number of hydrogen-bond donors (Lipinski definition) is 5. The molecule has 42 heavy (non-hydrogen) atoms. The number of carbonyl (C=O) groups is 3. The Labute approximate surface area is 244 Å². The van der Waals surface area contributed by atoms with Crippen LogP contribution in [0.4, 0.5) is 0 Å². The van der Waals surface area contributed by atoms with E-state index in [4.69, 9.17) is 20.6 Å². The van der Waals surface area contributed by atoms with E-state index >= 15 is 0 Å². The summed E-state index contributed by atoms with van der Waals surface area (Å²) in [5.41, 5.74) is 9.16. The van der Waals surface area contributed by atoms with Crippen LogP contribution in [-0.2, 0) is 25.6 Å². The maximum Gasteiger partial charge on any atom is 0.251 e. The summed E-state index contributed by atoms with van der Waals surface area (Å²) < 4.78 is 11.6. The summed E-state index contributed by atoms with van der Waals surface area (Å²) in [6.45, 7) is 0.775. The summed E-state index contributed by atoms with van der Waals surface area (Å²) in [6.07, 6.45) is 3.79. The van der Waals surface area contributed by atoms with Crippen LogP contribution in [0.2, 0.25) is 0 Å². The molecule has 0 bridgehead atoms. The monoisotopic (exact) mass is 587 g/mol. The number of nitrogens with zero attached hydrogens (tertiary/aromatic N) is 2. The fraction of sp³-hybridized carbons (Fsp3) is 0.276. The van der Waals surface area contributed by atoms with Crippen molar-refractivity contribution in [1.29, 1.82) is 5.41 Å². The molecule has 3 aromatic heterocycles. The predicted molar refractivity (Wildman–Crippen MR) is 156 cm³/mol. The van der Waals surface area contributed by atoms with Crippen molar-refractivity contribution >= 4 is 45.9 Å². The molecule has 6 rings (SSSR count). The van der Waals surface area contributed by atoms with Gasteiger partial charge in [-0.05, 0) is 35.9 Å². The quantitative estimate of drug-likeness (QED) is 0.155. The molecule has 2 saturated heterocycles. The highest BCUT2D eigenvalue weighted by atomic mass is 32.1. The number of benzene rings is 1. The number of likely N-dealkylation sites (tertiary alicyclic amines) is 1. The van der Waals surface area contributed by atoms with Gasteiger partial charge in [0.15, 0.2) is 5.79 Å². The minimum absolute atomic E-state index is 0.0429. The number of fused-ring (bicyclic) bond motifs is 1. The van der Waals surface area contributed by atoms with Gasteiger partial charge in [-0.25, -0.2) is 4.98 Å². The number of nitrogens with two attached hydrogens (primary N) is 1. The molecular weight excluding hydrogens is 558 g/mol. The maximum absolute atomic E-state index is 13.3. The van der Waals surface area contributed by atoms with E-state index in [1.54, 1.807) is 29.8 Å². The van der Waals surface area contributed by atoms with Gasteiger partial charge < -0.3 is 35.7 Å². The SMILES string of the molecule is N=C(N)c1csc(CNC(=O)C2CC3(CN2C(=O)CNC(=O)c2ccc(-c4cnc5[nH]ccc5c4)cc2)OCCO3)c1. The molecule has 2 aliphatic heterocycles. The smallest absolute Gasteiger partial charge is 0.251 e. The molecule has 1 atom stereocenters. The third-order valence-electron chi connectivity index (χ3n) is 7.41. The summed E-state index contributed by atoms with van der Waals surface area (Å²) >= 11 is 1.38. The van der Waals surface area contributed by atoms with Gasteiger partial charge >= 0.3 is 0 Å². The normalized spacial score (nSPS) is 17.5. The standard InChI is InChI=1S/C29H29N7O5S/c30-25(31)21-10-22(42-15-21)13-34-28(39)23-11-29(40-7-8-41-29)16-36(23)24(37)14-35-27(38)18-3-1-17(2-4-18)20-9-19-5-6-32-26(19)33-12-20/h1-6,9-10,12,15,23H,7-8,11,13-14,16H2,(H3,30,31)(H,32,33)(H,34,39)(H,35,38). The highest BCUT2D eigenvalue weighted by molar-refractivity contribution is 7.10. The Balaban J connectivity index is 1.08. The fourth-order valence-corrected chi connectivity index (χ4v) is 6.04. The maximum atomic E-state index is 13.3. The van der Waals surface area contributed by atoms with Crippen molar-refractivity contribution in [3.8, 4) is 11.1 Å². The minimum Gasteiger partial charge on any atom is -0.384 e. The molecule has 1 spiro atoms. The first-order valence-electron chi connectivity index (χ1n) is 13.4. The number of nitrogen functional groups attached to an aromatic ring is 1. The van der Waals surface area contributed by atoms with Crippen molar-refractivity contribution in [3.05, 3.63) is 76.2 Å². The Bertz CT molecular complexity index is 1660. The molecule has 13 heteroatoms. The molecule has 4 aromatic rings. The first-order valence-corrected chi connectivity index (χ1v) is 14.3. The number of amidine groups is 1. The molecule has 1 aromatic carbocycles. The molecule has 6 N–H and O–H groups in total. The second-order valence-corrected chi connectivity index (χ2v) is 11.2. The van der Waals surface area contributed by atoms with Crippen molar-refractivity contribution in [2.75, 3.05) is 26.3 Å². The second-order valence-electron chi connectivity index (χ2n) is 10.2. The van der Waals surface area contributed by atoms with Gasteiger partial charge in [0.25, 0.3) is 5.91 Å². The van der Waals surface area contributed by atoms with Crippen LogP contribution in [0, 0.1) is 5.41 Å². The minimum atomic E-state index is -1.04. The lowest BCUT2D eigenvalue weighted by molar-refractivity contribution is -0.152. The van der Waals surface area contributed by atoms with Crippen LogP contribution in [0.5, 0.6) is 0 Å². The molecule has 1 unspecified atom stereocenters. The molecule has 0 radical (unpaired) electrons. The van der Waals surface area contributed by atoms with Crippen LogP contribution in [0.25, 0.3) is 22.2 Å². The lowest BCUT2D eigenvalue weighted by atomic mass is 10.0. The lowest BCUT2D eigenvalue weighted by Crippen LogP contribution is -2.49. The van der Waals surface area contributed by atoms with Crippen molar-refractivity contribution in [2.24, 2.45) is 5.73 Å².